The molecule has 1 atom stereocenters. The first-order chi connectivity index (χ1) is 6.25. The van der Waals surface area contributed by atoms with Crippen molar-refractivity contribution >= 4 is 27.0 Å². The van der Waals surface area contributed by atoms with Crippen LogP contribution in [0.15, 0.2) is 29.2 Å². The van der Waals surface area contributed by atoms with Gasteiger partial charge in [0.15, 0.2) is 11.1 Å². The van der Waals surface area contributed by atoms with Gasteiger partial charge in [-0.1, -0.05) is 34.1 Å². The molecule has 0 fully saturated rings. The molecule has 4 heteroatoms. The van der Waals surface area contributed by atoms with Crippen molar-refractivity contribution in [2.75, 3.05) is 5.33 Å². The van der Waals surface area contributed by atoms with E-state index in [1.54, 1.807) is 12.1 Å². The van der Waals surface area contributed by atoms with Crippen LogP contribution in [0.3, 0.4) is 0 Å². The van der Waals surface area contributed by atoms with Crippen LogP contribution in [0.4, 0.5) is 0 Å². The van der Waals surface area contributed by atoms with Crippen molar-refractivity contribution in [2.45, 2.75) is 17.7 Å². The molecule has 1 rings (SSSR count). The van der Waals surface area contributed by atoms with E-state index < -0.39 is 11.1 Å². The van der Waals surface area contributed by atoms with E-state index in [4.69, 9.17) is 4.55 Å². The molecule has 0 aliphatic carbocycles. The molecule has 2 nitrogen and oxygen atoms in total. The van der Waals surface area contributed by atoms with Crippen LogP contribution in [-0.2, 0) is 17.5 Å². The highest BCUT2D eigenvalue weighted by molar-refractivity contribution is 9.09. The number of rotatable bonds is 4. The number of alkyl halides is 1. The average Bonchev–Trinajstić information content (AvgIpc) is 2.15. The molecular formula is C9H11BrO2S. The molecule has 0 saturated carbocycles. The predicted molar refractivity (Wildman–Crippen MR) is 57.6 cm³/mol. The van der Waals surface area contributed by atoms with Gasteiger partial charge >= 0.3 is 0 Å². The Morgan fingerprint density at radius 2 is 2.08 bits per heavy atom. The van der Waals surface area contributed by atoms with E-state index in [2.05, 4.69) is 15.9 Å². The molecule has 0 aromatic heterocycles. The lowest BCUT2D eigenvalue weighted by Gasteiger charge is -2.03. The number of hydrogen-bond donors (Lipinski definition) is 1. The predicted octanol–water partition coefficient (Wildman–Crippen LogP) is 2.59. The SMILES string of the molecule is O=S(O)c1ccccc1CCCBr. The second-order valence-corrected chi connectivity index (χ2v) is 4.38. The molecule has 0 aliphatic rings. The molecule has 1 aromatic carbocycles. The Hall–Kier alpha value is -0.190. The molecule has 0 amide bonds. The van der Waals surface area contributed by atoms with Gasteiger partial charge in [-0.2, -0.15) is 0 Å². The summed E-state index contributed by atoms with van der Waals surface area (Å²) in [5.41, 5.74) is 0.961. The Labute approximate surface area is 88.8 Å². The topological polar surface area (TPSA) is 37.3 Å². The van der Waals surface area contributed by atoms with Gasteiger partial charge in [0.05, 0.1) is 4.90 Å². The van der Waals surface area contributed by atoms with Gasteiger partial charge in [-0.25, -0.2) is 4.21 Å². The molecule has 0 bridgehead atoms. The van der Waals surface area contributed by atoms with Crippen LogP contribution >= 0.6 is 15.9 Å². The average molecular weight is 263 g/mol. The van der Waals surface area contributed by atoms with Crippen molar-refractivity contribution in [3.05, 3.63) is 29.8 Å². The minimum Gasteiger partial charge on any atom is -0.302 e. The van der Waals surface area contributed by atoms with E-state index in [-0.39, 0.29) is 0 Å². The summed E-state index contributed by atoms with van der Waals surface area (Å²) in [6.07, 6.45) is 1.82. The molecule has 0 radical (unpaired) electrons. The maximum Gasteiger partial charge on any atom is 0.186 e. The highest BCUT2D eigenvalue weighted by atomic mass is 79.9. The van der Waals surface area contributed by atoms with Crippen LogP contribution in [0.5, 0.6) is 0 Å². The first kappa shape index (κ1) is 10.9. The van der Waals surface area contributed by atoms with E-state index >= 15 is 0 Å². The number of halogens is 1. The molecule has 0 saturated heterocycles. The Kier molecular flexibility index (Phi) is 4.62. The summed E-state index contributed by atoms with van der Waals surface area (Å²) in [6, 6.07) is 7.26. The fourth-order valence-corrected chi connectivity index (χ4v) is 2.01. The van der Waals surface area contributed by atoms with E-state index in [1.807, 2.05) is 12.1 Å². The number of aryl methyl sites for hydroxylation is 1. The minimum absolute atomic E-state index is 0.531. The maximum atomic E-state index is 10.9. The second-order valence-electron chi connectivity index (χ2n) is 2.65. The van der Waals surface area contributed by atoms with Gasteiger partial charge in [0.2, 0.25) is 0 Å². The van der Waals surface area contributed by atoms with Gasteiger partial charge in [-0.05, 0) is 24.5 Å². The lowest BCUT2D eigenvalue weighted by molar-refractivity contribution is 0.563. The smallest absolute Gasteiger partial charge is 0.186 e. The lowest BCUT2D eigenvalue weighted by Crippen LogP contribution is -1.96. The van der Waals surface area contributed by atoms with E-state index in [9.17, 15) is 4.21 Å². The van der Waals surface area contributed by atoms with Crippen LogP contribution < -0.4 is 0 Å². The monoisotopic (exact) mass is 262 g/mol. The largest absolute Gasteiger partial charge is 0.302 e. The van der Waals surface area contributed by atoms with E-state index in [1.165, 1.54) is 0 Å². The fourth-order valence-electron chi connectivity index (χ4n) is 1.14. The van der Waals surface area contributed by atoms with Gasteiger partial charge in [0.25, 0.3) is 0 Å². The van der Waals surface area contributed by atoms with Crippen molar-refractivity contribution in [1.82, 2.24) is 0 Å². The van der Waals surface area contributed by atoms with Gasteiger partial charge < -0.3 is 4.55 Å². The van der Waals surface area contributed by atoms with Crippen LogP contribution in [0.1, 0.15) is 12.0 Å². The lowest BCUT2D eigenvalue weighted by atomic mass is 10.1. The summed E-state index contributed by atoms with van der Waals surface area (Å²) in [4.78, 5) is 0.531. The molecule has 13 heavy (non-hydrogen) atoms. The molecule has 1 aromatic rings. The van der Waals surface area contributed by atoms with Crippen LogP contribution in [-0.4, -0.2) is 14.1 Å². The highest BCUT2D eigenvalue weighted by Crippen LogP contribution is 2.14. The van der Waals surface area contributed by atoms with Crippen molar-refractivity contribution in [1.29, 1.82) is 0 Å². The summed E-state index contributed by atoms with van der Waals surface area (Å²) in [6.45, 7) is 0. The van der Waals surface area contributed by atoms with Gasteiger partial charge in [-0.15, -0.1) is 0 Å². The normalized spacial score (nSPS) is 12.8. The summed E-state index contributed by atoms with van der Waals surface area (Å²) < 4.78 is 19.8. The Morgan fingerprint density at radius 1 is 1.38 bits per heavy atom. The quantitative estimate of drug-likeness (QED) is 0.669. The Morgan fingerprint density at radius 3 is 2.69 bits per heavy atom. The first-order valence-corrected chi connectivity index (χ1v) is 6.23. The maximum absolute atomic E-state index is 10.9. The Bertz CT molecular complexity index is 301. The third-order valence-corrected chi connectivity index (χ3v) is 3.08. The fraction of sp³-hybridized carbons (Fsp3) is 0.333. The molecule has 72 valence electrons. The molecular weight excluding hydrogens is 252 g/mol. The van der Waals surface area contributed by atoms with Crippen LogP contribution in [0.2, 0.25) is 0 Å². The molecule has 0 heterocycles. The third-order valence-electron chi connectivity index (χ3n) is 1.74. The zero-order valence-electron chi connectivity index (χ0n) is 7.07. The standard InChI is InChI=1S/C9H11BrO2S/c10-7-3-5-8-4-1-2-6-9(8)13(11)12/h1-2,4,6H,3,5,7H2,(H,11,12). The number of benzene rings is 1. The Balaban J connectivity index is 2.84. The summed E-state index contributed by atoms with van der Waals surface area (Å²) in [5, 5.41) is 0.916. The summed E-state index contributed by atoms with van der Waals surface area (Å²) in [7, 11) is 0. The van der Waals surface area contributed by atoms with E-state index in [0.717, 1.165) is 23.7 Å². The second kappa shape index (κ2) is 5.52. The van der Waals surface area contributed by atoms with Crippen molar-refractivity contribution in [3.63, 3.8) is 0 Å². The number of hydrogen-bond acceptors (Lipinski definition) is 1. The first-order valence-electron chi connectivity index (χ1n) is 4.00. The van der Waals surface area contributed by atoms with Crippen molar-refractivity contribution in [3.8, 4) is 0 Å². The zero-order chi connectivity index (χ0) is 9.68. The molecule has 1 unspecified atom stereocenters. The molecule has 0 spiro atoms. The molecule has 1 N–H and O–H groups in total. The zero-order valence-corrected chi connectivity index (χ0v) is 9.47. The van der Waals surface area contributed by atoms with Crippen molar-refractivity contribution < 1.29 is 8.76 Å². The molecule has 0 aliphatic heterocycles. The van der Waals surface area contributed by atoms with Gasteiger partial charge in [-0.3, -0.25) is 0 Å². The van der Waals surface area contributed by atoms with Crippen molar-refractivity contribution in [2.24, 2.45) is 0 Å². The van der Waals surface area contributed by atoms with E-state index in [0.29, 0.717) is 4.90 Å². The van der Waals surface area contributed by atoms with Crippen LogP contribution in [0, 0.1) is 0 Å². The van der Waals surface area contributed by atoms with Crippen LogP contribution in [0.25, 0.3) is 0 Å². The third kappa shape index (κ3) is 3.21. The summed E-state index contributed by atoms with van der Waals surface area (Å²) in [5.74, 6) is 0. The minimum atomic E-state index is -1.86. The van der Waals surface area contributed by atoms with Gasteiger partial charge in [0, 0.05) is 5.33 Å². The van der Waals surface area contributed by atoms with Gasteiger partial charge in [0.1, 0.15) is 0 Å². The highest BCUT2D eigenvalue weighted by Gasteiger charge is 2.05. The summed E-state index contributed by atoms with van der Waals surface area (Å²) >= 11 is 1.47.